The van der Waals surface area contributed by atoms with Crippen LogP contribution in [0.5, 0.6) is 5.75 Å². The molecular weight excluding hydrogens is 378 g/mol. The summed E-state index contributed by atoms with van der Waals surface area (Å²) in [6, 6.07) is 22.1. The first-order chi connectivity index (χ1) is 14.5. The van der Waals surface area contributed by atoms with Crippen LogP contribution in [0.1, 0.15) is 28.4 Å². The summed E-state index contributed by atoms with van der Waals surface area (Å²) in [5.41, 5.74) is 4.04. The monoisotopic (exact) mass is 403 g/mol. The van der Waals surface area contributed by atoms with Crippen molar-refractivity contribution in [3.05, 3.63) is 95.1 Å². The van der Waals surface area contributed by atoms with Crippen LogP contribution in [0.4, 0.5) is 5.69 Å². The molecule has 0 spiro atoms. The fourth-order valence-electron chi connectivity index (χ4n) is 3.06. The number of hydrogen-bond acceptors (Lipinski definition) is 4. The van der Waals surface area contributed by atoms with Crippen molar-refractivity contribution >= 4 is 17.6 Å². The van der Waals surface area contributed by atoms with Gasteiger partial charge < -0.3 is 14.8 Å². The number of ether oxygens (including phenoxy) is 2. The Labute approximate surface area is 176 Å². The summed E-state index contributed by atoms with van der Waals surface area (Å²) in [6.07, 6.45) is -0.987. The molecule has 0 unspecified atom stereocenters. The van der Waals surface area contributed by atoms with Crippen molar-refractivity contribution in [1.82, 2.24) is 0 Å². The van der Waals surface area contributed by atoms with E-state index >= 15 is 0 Å². The van der Waals surface area contributed by atoms with Crippen molar-refractivity contribution < 1.29 is 19.1 Å². The van der Waals surface area contributed by atoms with Gasteiger partial charge in [0.15, 0.2) is 0 Å². The summed E-state index contributed by atoms with van der Waals surface area (Å²) in [5.74, 6) is -0.381. The molecule has 1 atom stereocenters. The van der Waals surface area contributed by atoms with Gasteiger partial charge in [0.1, 0.15) is 5.75 Å². The summed E-state index contributed by atoms with van der Waals surface area (Å²) in [4.78, 5) is 25.7. The molecule has 154 valence electrons. The largest absolute Gasteiger partial charge is 0.495 e. The number of esters is 1. The molecule has 0 bridgehead atoms. The maximum Gasteiger partial charge on any atom is 0.311 e. The molecule has 1 amide bonds. The maximum atomic E-state index is 13.1. The summed E-state index contributed by atoms with van der Waals surface area (Å²) < 4.78 is 11.0. The van der Waals surface area contributed by atoms with Gasteiger partial charge in [0, 0.05) is 5.56 Å². The van der Waals surface area contributed by atoms with Crippen molar-refractivity contribution in [2.45, 2.75) is 26.4 Å². The fraction of sp³-hybridized carbons (Fsp3) is 0.200. The van der Waals surface area contributed by atoms with Crippen LogP contribution < -0.4 is 10.1 Å². The number of aryl methyl sites for hydroxylation is 2. The molecule has 3 rings (SSSR count). The number of benzene rings is 3. The van der Waals surface area contributed by atoms with Crippen LogP contribution in [0.3, 0.4) is 0 Å². The highest BCUT2D eigenvalue weighted by Gasteiger charge is 2.26. The highest BCUT2D eigenvalue weighted by atomic mass is 16.5. The molecule has 0 aliphatic rings. The second kappa shape index (κ2) is 9.74. The topological polar surface area (TPSA) is 64.6 Å². The second-order valence-corrected chi connectivity index (χ2v) is 7.14. The molecule has 30 heavy (non-hydrogen) atoms. The van der Waals surface area contributed by atoms with Gasteiger partial charge in [-0.3, -0.25) is 9.59 Å². The molecule has 1 N–H and O–H groups in total. The van der Waals surface area contributed by atoms with E-state index in [9.17, 15) is 9.59 Å². The lowest BCUT2D eigenvalue weighted by atomic mass is 10.1. The molecule has 3 aromatic carbocycles. The van der Waals surface area contributed by atoms with E-state index in [1.165, 1.54) is 7.11 Å². The summed E-state index contributed by atoms with van der Waals surface area (Å²) in [5, 5.41) is 2.84. The smallest absolute Gasteiger partial charge is 0.311 e. The molecule has 5 heteroatoms. The molecule has 0 heterocycles. The normalized spacial score (nSPS) is 11.4. The highest BCUT2D eigenvalue weighted by Crippen LogP contribution is 2.28. The number of carbonyl (C=O) groups is 2. The van der Waals surface area contributed by atoms with Crippen LogP contribution >= 0.6 is 0 Å². The van der Waals surface area contributed by atoms with Crippen LogP contribution in [0.2, 0.25) is 0 Å². The Bertz CT molecular complexity index is 1010. The number of rotatable bonds is 7. The van der Waals surface area contributed by atoms with Crippen molar-refractivity contribution in [3.63, 3.8) is 0 Å². The van der Waals surface area contributed by atoms with Crippen molar-refractivity contribution in [2.24, 2.45) is 0 Å². The van der Waals surface area contributed by atoms with Gasteiger partial charge in [-0.1, -0.05) is 66.2 Å². The van der Waals surface area contributed by atoms with Crippen LogP contribution in [-0.2, 0) is 20.7 Å². The van der Waals surface area contributed by atoms with Crippen LogP contribution in [0.25, 0.3) is 0 Å². The SMILES string of the molecule is COc1ccc(C)cc1NC(=O)[C@H](OC(=O)Cc1ccc(C)cc1)c1ccccc1. The quantitative estimate of drug-likeness (QED) is 0.577. The molecule has 0 aliphatic carbocycles. The van der Waals surface area contributed by atoms with Crippen LogP contribution in [0, 0.1) is 13.8 Å². The van der Waals surface area contributed by atoms with E-state index in [-0.39, 0.29) is 6.42 Å². The maximum absolute atomic E-state index is 13.1. The summed E-state index contributed by atoms with van der Waals surface area (Å²) in [6.45, 7) is 3.91. The number of carbonyl (C=O) groups excluding carboxylic acids is 2. The zero-order chi connectivity index (χ0) is 21.5. The molecule has 0 radical (unpaired) electrons. The number of hydrogen-bond donors (Lipinski definition) is 1. The minimum atomic E-state index is -1.07. The van der Waals surface area contributed by atoms with E-state index in [4.69, 9.17) is 9.47 Å². The van der Waals surface area contributed by atoms with Crippen molar-refractivity contribution in [3.8, 4) is 5.75 Å². The van der Waals surface area contributed by atoms with Crippen molar-refractivity contribution in [1.29, 1.82) is 0 Å². The van der Waals surface area contributed by atoms with Gasteiger partial charge in [0.05, 0.1) is 19.2 Å². The van der Waals surface area contributed by atoms with Gasteiger partial charge in [0.25, 0.3) is 5.91 Å². The minimum absolute atomic E-state index is 0.0880. The Morgan fingerprint density at radius 2 is 1.57 bits per heavy atom. The molecule has 0 aliphatic heterocycles. The molecule has 0 saturated carbocycles. The van der Waals surface area contributed by atoms with Gasteiger partial charge in [0.2, 0.25) is 6.10 Å². The van der Waals surface area contributed by atoms with Gasteiger partial charge in [-0.05, 0) is 37.1 Å². The Morgan fingerprint density at radius 1 is 0.900 bits per heavy atom. The highest BCUT2D eigenvalue weighted by molar-refractivity contribution is 5.97. The zero-order valence-corrected chi connectivity index (χ0v) is 17.3. The average molecular weight is 403 g/mol. The molecule has 3 aromatic rings. The second-order valence-electron chi connectivity index (χ2n) is 7.14. The Morgan fingerprint density at radius 3 is 2.23 bits per heavy atom. The number of methoxy groups -OCH3 is 1. The molecule has 0 fully saturated rings. The first-order valence-corrected chi connectivity index (χ1v) is 9.71. The van der Waals surface area contributed by atoms with E-state index in [2.05, 4.69) is 5.32 Å². The summed E-state index contributed by atoms with van der Waals surface area (Å²) >= 11 is 0. The van der Waals surface area contributed by atoms with Crippen LogP contribution in [-0.4, -0.2) is 19.0 Å². The van der Waals surface area contributed by atoms with Crippen molar-refractivity contribution in [2.75, 3.05) is 12.4 Å². The Kier molecular flexibility index (Phi) is 6.86. The van der Waals surface area contributed by atoms with Gasteiger partial charge in [-0.25, -0.2) is 0 Å². The minimum Gasteiger partial charge on any atom is -0.495 e. The number of amides is 1. The predicted octanol–water partition coefficient (Wildman–Crippen LogP) is 4.78. The van der Waals surface area contributed by atoms with E-state index in [1.807, 2.05) is 56.3 Å². The third-order valence-electron chi connectivity index (χ3n) is 4.67. The lowest BCUT2D eigenvalue weighted by molar-refractivity contribution is -0.154. The number of anilines is 1. The number of nitrogens with one attached hydrogen (secondary N) is 1. The summed E-state index contributed by atoms with van der Waals surface area (Å²) in [7, 11) is 1.54. The molecule has 0 saturated heterocycles. The molecule has 0 aromatic heterocycles. The van der Waals surface area contributed by atoms with Gasteiger partial charge in [-0.2, -0.15) is 0 Å². The van der Waals surface area contributed by atoms with E-state index in [1.54, 1.807) is 30.3 Å². The molecule has 5 nitrogen and oxygen atoms in total. The predicted molar refractivity (Wildman–Crippen MR) is 117 cm³/mol. The zero-order valence-electron chi connectivity index (χ0n) is 17.3. The van der Waals surface area contributed by atoms with Gasteiger partial charge in [-0.15, -0.1) is 0 Å². The third kappa shape index (κ3) is 5.47. The van der Waals surface area contributed by atoms with Crippen LogP contribution in [0.15, 0.2) is 72.8 Å². The van der Waals surface area contributed by atoms with Gasteiger partial charge >= 0.3 is 5.97 Å². The Balaban J connectivity index is 1.80. The lowest BCUT2D eigenvalue weighted by Gasteiger charge is -2.19. The third-order valence-corrected chi connectivity index (χ3v) is 4.67. The Hall–Kier alpha value is -3.60. The lowest BCUT2D eigenvalue weighted by Crippen LogP contribution is -2.26. The van der Waals surface area contributed by atoms with E-state index in [0.717, 1.165) is 16.7 Å². The first kappa shape index (κ1) is 21.1. The first-order valence-electron chi connectivity index (χ1n) is 9.71. The van der Waals surface area contributed by atoms with E-state index in [0.29, 0.717) is 17.0 Å². The van der Waals surface area contributed by atoms with E-state index < -0.39 is 18.0 Å². The average Bonchev–Trinajstić information content (AvgIpc) is 2.74. The fourth-order valence-corrected chi connectivity index (χ4v) is 3.06. The standard InChI is InChI=1S/C25H25NO4/c1-17-9-12-19(13-10-17)16-23(27)30-24(20-7-5-4-6-8-20)25(28)26-21-15-18(2)11-14-22(21)29-3/h4-15,24H,16H2,1-3H3,(H,26,28)/t24-/m1/s1. The molecular formula is C25H25NO4.